The molecule has 1 saturated heterocycles. The van der Waals surface area contributed by atoms with Gasteiger partial charge in [0.05, 0.1) is 46.7 Å². The monoisotopic (exact) mass is 897 g/mol. The number of hydrogen-bond acceptors (Lipinski definition) is 11. The van der Waals surface area contributed by atoms with E-state index in [-0.39, 0.29) is 47.5 Å². The van der Waals surface area contributed by atoms with Crippen LogP contribution in [0.1, 0.15) is 71.1 Å². The maximum Gasteiger partial charge on any atom is 0.436 e. The molecule has 334 valence electrons. The third kappa shape index (κ3) is 8.34. The van der Waals surface area contributed by atoms with Gasteiger partial charge in [0.15, 0.2) is 0 Å². The summed E-state index contributed by atoms with van der Waals surface area (Å²) >= 11 is 0. The number of benzene rings is 4. The van der Waals surface area contributed by atoms with E-state index >= 15 is 0 Å². The standard InChI is InChI=1S/C45H45F2N7O9S/c1-5-61-44(58)54-41(35-23-53(45(2,3)40(35)51-54)64(59,60)29-20-27(46)19-28(47)21-29)50-42(56)34-15-14-26(38-22-48-16-17-62-38)18-37(34)49-39(55)24-52(4)43(57)63-25-36-32-12-8-6-10-30(32)31-11-7-9-13-33(31)36/h6-15,18-21,36,38,48H,5,16-17,22-25H2,1-4H3,(H,49,55)(H,50,56). The number of rotatable bonds is 11. The Morgan fingerprint density at radius 3 is 2.25 bits per heavy atom. The Bertz CT molecular complexity index is 2730. The largest absolute Gasteiger partial charge is 0.448 e. The van der Waals surface area contributed by atoms with Gasteiger partial charge < -0.3 is 35.1 Å². The van der Waals surface area contributed by atoms with Gasteiger partial charge in [0.25, 0.3) is 5.91 Å². The lowest BCUT2D eigenvalue weighted by Crippen LogP contribution is -2.41. The molecule has 1 fully saturated rings. The highest BCUT2D eigenvalue weighted by atomic mass is 32.2. The fraction of sp³-hybridized carbons (Fsp3) is 0.311. The first-order valence-electron chi connectivity index (χ1n) is 20.5. The lowest BCUT2D eigenvalue weighted by Gasteiger charge is -2.30. The molecule has 3 N–H and O–H groups in total. The van der Waals surface area contributed by atoms with E-state index in [0.717, 1.165) is 36.1 Å². The fourth-order valence-electron chi connectivity index (χ4n) is 8.38. The fourth-order valence-corrected chi connectivity index (χ4v) is 10.1. The first-order chi connectivity index (χ1) is 30.6. The van der Waals surface area contributed by atoms with Gasteiger partial charge in [-0.05, 0) is 72.9 Å². The summed E-state index contributed by atoms with van der Waals surface area (Å²) in [5, 5.41) is 13.1. The number of morpholine rings is 1. The molecule has 0 spiro atoms. The molecule has 3 heterocycles. The number of carbonyl (C=O) groups is 4. The Balaban J connectivity index is 1.04. The number of anilines is 2. The molecule has 1 unspecified atom stereocenters. The van der Waals surface area contributed by atoms with Crippen molar-refractivity contribution < 1.29 is 50.6 Å². The number of hydrogen-bond donors (Lipinski definition) is 3. The zero-order valence-electron chi connectivity index (χ0n) is 35.3. The van der Waals surface area contributed by atoms with Crippen LogP contribution in [0.15, 0.2) is 89.8 Å². The van der Waals surface area contributed by atoms with Crippen LogP contribution in [0.2, 0.25) is 0 Å². The molecule has 3 amide bonds. The minimum Gasteiger partial charge on any atom is -0.448 e. The first kappa shape index (κ1) is 44.1. The number of nitrogens with zero attached hydrogens (tertiary/aromatic N) is 4. The minimum atomic E-state index is -4.58. The topological polar surface area (TPSA) is 190 Å². The molecule has 19 heteroatoms. The lowest BCUT2D eigenvalue weighted by molar-refractivity contribution is -0.116. The quantitative estimate of drug-likeness (QED) is 0.134. The van der Waals surface area contributed by atoms with E-state index in [2.05, 4.69) is 21.0 Å². The molecule has 0 saturated carbocycles. The number of likely N-dealkylation sites (N-methyl/N-ethyl adjacent to an activating group) is 1. The van der Waals surface area contributed by atoms with Crippen molar-refractivity contribution in [3.63, 3.8) is 0 Å². The predicted molar refractivity (Wildman–Crippen MR) is 229 cm³/mol. The van der Waals surface area contributed by atoms with Gasteiger partial charge in [-0.25, -0.2) is 26.8 Å². The van der Waals surface area contributed by atoms with Crippen molar-refractivity contribution in [3.05, 3.63) is 130 Å². The van der Waals surface area contributed by atoms with Gasteiger partial charge in [0.1, 0.15) is 30.6 Å². The van der Waals surface area contributed by atoms with Gasteiger partial charge >= 0.3 is 12.2 Å². The summed E-state index contributed by atoms with van der Waals surface area (Å²) < 4.78 is 74.9. The Morgan fingerprint density at radius 2 is 1.61 bits per heavy atom. The summed E-state index contributed by atoms with van der Waals surface area (Å²) in [6.45, 7) is 5.11. The van der Waals surface area contributed by atoms with Crippen molar-refractivity contribution in [1.29, 1.82) is 0 Å². The zero-order chi connectivity index (χ0) is 45.5. The van der Waals surface area contributed by atoms with Crippen molar-refractivity contribution in [3.8, 4) is 11.1 Å². The van der Waals surface area contributed by atoms with E-state index in [0.29, 0.717) is 43.5 Å². The molecule has 4 aromatic carbocycles. The predicted octanol–water partition coefficient (Wildman–Crippen LogP) is 6.34. The van der Waals surface area contributed by atoms with Crippen molar-refractivity contribution in [2.45, 2.75) is 49.8 Å². The molecule has 2 aliphatic heterocycles. The third-order valence-corrected chi connectivity index (χ3v) is 13.5. The van der Waals surface area contributed by atoms with Crippen LogP contribution in [0.3, 0.4) is 0 Å². The summed E-state index contributed by atoms with van der Waals surface area (Å²) in [6, 6.07) is 22.4. The molecule has 1 aromatic heterocycles. The number of nitrogens with one attached hydrogen (secondary N) is 3. The van der Waals surface area contributed by atoms with E-state index in [4.69, 9.17) is 14.2 Å². The average molecular weight is 898 g/mol. The van der Waals surface area contributed by atoms with E-state index in [9.17, 15) is 36.4 Å². The summed E-state index contributed by atoms with van der Waals surface area (Å²) in [6.07, 6.45) is -2.15. The second-order valence-corrected chi connectivity index (χ2v) is 17.9. The summed E-state index contributed by atoms with van der Waals surface area (Å²) in [5.41, 5.74) is 3.45. The van der Waals surface area contributed by atoms with Crippen LogP contribution < -0.4 is 16.0 Å². The highest BCUT2D eigenvalue weighted by Gasteiger charge is 2.50. The number of ether oxygens (including phenoxy) is 3. The summed E-state index contributed by atoms with van der Waals surface area (Å²) in [5.74, 6) is -4.13. The van der Waals surface area contributed by atoms with E-state index in [1.807, 2.05) is 48.5 Å². The molecule has 0 radical (unpaired) electrons. The van der Waals surface area contributed by atoms with Gasteiger partial charge in [0.2, 0.25) is 15.9 Å². The molecule has 16 nitrogen and oxygen atoms in total. The van der Waals surface area contributed by atoms with Crippen LogP contribution in [-0.4, -0.2) is 97.9 Å². The molecule has 3 aliphatic rings. The molecule has 0 bridgehead atoms. The van der Waals surface area contributed by atoms with E-state index in [1.165, 1.54) is 27.0 Å². The SMILES string of the molecule is CCOC(=O)n1nc2c(c1NC(=O)c1ccc(C3CNCCO3)cc1NC(=O)CN(C)C(=O)OCC1c3ccccc3-c3ccccc31)CN(S(=O)(=O)c1cc(F)cc(F)c1)C2(C)C. The third-order valence-electron chi connectivity index (χ3n) is 11.5. The van der Waals surface area contributed by atoms with Gasteiger partial charge in [-0.3, -0.25) is 9.59 Å². The van der Waals surface area contributed by atoms with Gasteiger partial charge in [0, 0.05) is 44.2 Å². The summed E-state index contributed by atoms with van der Waals surface area (Å²) in [4.78, 5) is 55.2. The van der Waals surface area contributed by atoms with Crippen LogP contribution in [0.5, 0.6) is 0 Å². The van der Waals surface area contributed by atoms with Crippen molar-refractivity contribution in [1.82, 2.24) is 24.3 Å². The number of carbonyl (C=O) groups excluding carboxylic acids is 4. The average Bonchev–Trinajstić information content (AvgIpc) is 3.89. The molecular formula is C45H45F2N7O9S. The Kier molecular flexibility index (Phi) is 12.1. The van der Waals surface area contributed by atoms with Crippen LogP contribution in [-0.2, 0) is 41.1 Å². The smallest absolute Gasteiger partial charge is 0.436 e. The van der Waals surface area contributed by atoms with Crippen molar-refractivity contribution in [2.75, 3.05) is 57.1 Å². The second kappa shape index (κ2) is 17.6. The molecule has 1 atom stereocenters. The zero-order valence-corrected chi connectivity index (χ0v) is 36.1. The number of amides is 3. The second-order valence-electron chi connectivity index (χ2n) is 16.0. The minimum absolute atomic E-state index is 0.0339. The number of sulfonamides is 1. The Labute approximate surface area is 367 Å². The molecule has 1 aliphatic carbocycles. The number of halogens is 2. The van der Waals surface area contributed by atoms with Crippen LogP contribution in [0, 0.1) is 11.6 Å². The maximum absolute atomic E-state index is 14.4. The maximum atomic E-state index is 14.4. The van der Waals surface area contributed by atoms with Gasteiger partial charge in [-0.15, -0.1) is 4.68 Å². The van der Waals surface area contributed by atoms with Crippen LogP contribution in [0.25, 0.3) is 11.1 Å². The van der Waals surface area contributed by atoms with E-state index < -0.39 is 75.3 Å². The van der Waals surface area contributed by atoms with Crippen LogP contribution in [0.4, 0.5) is 29.9 Å². The highest BCUT2D eigenvalue weighted by Crippen LogP contribution is 2.46. The normalized spacial score (nSPS) is 16.6. The summed E-state index contributed by atoms with van der Waals surface area (Å²) in [7, 11) is -3.17. The van der Waals surface area contributed by atoms with Crippen molar-refractivity contribution >= 4 is 45.5 Å². The molecular weight excluding hydrogens is 853 g/mol. The Morgan fingerprint density at radius 1 is 0.938 bits per heavy atom. The first-order valence-corrected chi connectivity index (χ1v) is 21.9. The highest BCUT2D eigenvalue weighted by molar-refractivity contribution is 7.89. The molecule has 64 heavy (non-hydrogen) atoms. The lowest BCUT2D eigenvalue weighted by atomic mass is 9.98. The van der Waals surface area contributed by atoms with Gasteiger partial charge in [-0.1, -0.05) is 54.6 Å². The molecule has 5 aromatic rings. The van der Waals surface area contributed by atoms with E-state index in [1.54, 1.807) is 19.1 Å². The molecule has 8 rings (SSSR count). The number of fused-ring (bicyclic) bond motifs is 4. The Hall–Kier alpha value is -6.54. The van der Waals surface area contributed by atoms with Crippen LogP contribution >= 0.6 is 0 Å². The van der Waals surface area contributed by atoms with Gasteiger partial charge in [-0.2, -0.15) is 9.40 Å². The number of aromatic nitrogens is 2. The van der Waals surface area contributed by atoms with Crippen molar-refractivity contribution in [2.24, 2.45) is 0 Å².